The lowest BCUT2D eigenvalue weighted by atomic mass is 10.1. The van der Waals surface area contributed by atoms with Crippen molar-refractivity contribution in [2.75, 3.05) is 13.1 Å². The lowest BCUT2D eigenvalue weighted by Crippen LogP contribution is -2.17. The van der Waals surface area contributed by atoms with Crippen molar-refractivity contribution >= 4 is 12.3 Å². The highest BCUT2D eigenvalue weighted by molar-refractivity contribution is 5.78. The van der Waals surface area contributed by atoms with E-state index >= 15 is 0 Å². The Morgan fingerprint density at radius 3 is 2.20 bits per heavy atom. The Balaban J connectivity index is 0.000000265. The number of ketones is 1. The van der Waals surface area contributed by atoms with E-state index in [9.17, 15) is 9.59 Å². The molecular formula is C11H21NO3. The molecule has 0 spiro atoms. The van der Waals surface area contributed by atoms with Crippen LogP contribution in [0.3, 0.4) is 0 Å². The number of ether oxygens (including phenoxy) is 1. The standard InChI is InChI=1S/C6H11NO.C5H10O2/c1-5(8)6-2-3-7-4-6;1-5(2,3)7-4-6/h6-7H,2-4H2,1H3;4H,1-3H3. The zero-order chi connectivity index (χ0) is 11.9. The third-order valence-corrected chi connectivity index (χ3v) is 2.04. The fourth-order valence-corrected chi connectivity index (χ4v) is 1.15. The summed E-state index contributed by atoms with van der Waals surface area (Å²) in [7, 11) is 0. The summed E-state index contributed by atoms with van der Waals surface area (Å²) in [5.41, 5.74) is -0.318. The van der Waals surface area contributed by atoms with Crippen LogP contribution in [-0.4, -0.2) is 30.9 Å². The fourth-order valence-electron chi connectivity index (χ4n) is 1.15. The average molecular weight is 215 g/mol. The minimum atomic E-state index is -0.318. The predicted octanol–water partition coefficient (Wildman–Crippen LogP) is 1.14. The first-order valence-electron chi connectivity index (χ1n) is 5.19. The quantitative estimate of drug-likeness (QED) is 0.702. The minimum Gasteiger partial charge on any atom is -0.462 e. The summed E-state index contributed by atoms with van der Waals surface area (Å²) < 4.78 is 4.55. The number of hydrogen-bond donors (Lipinski definition) is 1. The van der Waals surface area contributed by atoms with Crippen molar-refractivity contribution in [1.29, 1.82) is 0 Å². The number of hydrogen-bond acceptors (Lipinski definition) is 4. The highest BCUT2D eigenvalue weighted by atomic mass is 16.5. The van der Waals surface area contributed by atoms with E-state index in [1.807, 2.05) is 20.8 Å². The zero-order valence-corrected chi connectivity index (χ0v) is 10.0. The van der Waals surface area contributed by atoms with Gasteiger partial charge in [-0.15, -0.1) is 0 Å². The predicted molar refractivity (Wildman–Crippen MR) is 58.6 cm³/mol. The lowest BCUT2D eigenvalue weighted by Gasteiger charge is -2.14. The summed E-state index contributed by atoms with van der Waals surface area (Å²) in [6.45, 7) is 9.50. The normalized spacial score (nSPS) is 20.1. The second kappa shape index (κ2) is 6.56. The van der Waals surface area contributed by atoms with Gasteiger partial charge in [0.1, 0.15) is 11.4 Å². The lowest BCUT2D eigenvalue weighted by molar-refractivity contribution is -0.138. The van der Waals surface area contributed by atoms with Gasteiger partial charge in [0, 0.05) is 12.5 Å². The van der Waals surface area contributed by atoms with Crippen molar-refractivity contribution in [2.24, 2.45) is 5.92 Å². The summed E-state index contributed by atoms with van der Waals surface area (Å²) in [5, 5.41) is 3.13. The van der Waals surface area contributed by atoms with Crippen LogP contribution in [0.15, 0.2) is 0 Å². The Morgan fingerprint density at radius 2 is 2.07 bits per heavy atom. The summed E-state index contributed by atoms with van der Waals surface area (Å²) in [6, 6.07) is 0. The third-order valence-electron chi connectivity index (χ3n) is 2.04. The molecule has 0 aromatic carbocycles. The van der Waals surface area contributed by atoms with E-state index in [0.717, 1.165) is 19.5 Å². The molecule has 0 aliphatic carbocycles. The topological polar surface area (TPSA) is 55.4 Å². The molecule has 1 saturated heterocycles. The number of carbonyl (C=O) groups is 2. The molecule has 0 aromatic heterocycles. The molecule has 1 aliphatic rings. The Bertz CT molecular complexity index is 202. The summed E-state index contributed by atoms with van der Waals surface area (Å²) in [6.07, 6.45) is 1.04. The Morgan fingerprint density at radius 1 is 1.47 bits per heavy atom. The van der Waals surface area contributed by atoms with Gasteiger partial charge in [-0.2, -0.15) is 0 Å². The number of rotatable bonds is 2. The highest BCUT2D eigenvalue weighted by Crippen LogP contribution is 2.07. The van der Waals surface area contributed by atoms with Gasteiger partial charge < -0.3 is 10.1 Å². The Kier molecular flexibility index (Phi) is 6.17. The first-order chi connectivity index (χ1) is 6.87. The summed E-state index contributed by atoms with van der Waals surface area (Å²) in [5.74, 6) is 0.644. The van der Waals surface area contributed by atoms with Gasteiger partial charge in [-0.1, -0.05) is 0 Å². The Hall–Kier alpha value is -0.900. The molecule has 0 bridgehead atoms. The molecule has 4 nitrogen and oxygen atoms in total. The van der Waals surface area contributed by atoms with E-state index in [0.29, 0.717) is 18.2 Å². The summed E-state index contributed by atoms with van der Waals surface area (Å²) in [4.78, 5) is 20.2. The van der Waals surface area contributed by atoms with E-state index in [2.05, 4.69) is 10.1 Å². The van der Waals surface area contributed by atoms with Crippen molar-refractivity contribution in [1.82, 2.24) is 5.32 Å². The second-order valence-electron chi connectivity index (χ2n) is 4.63. The molecule has 1 aliphatic heterocycles. The molecule has 0 amide bonds. The Labute approximate surface area is 91.4 Å². The maximum absolute atomic E-state index is 10.6. The SMILES string of the molecule is CC(=O)C1CCNC1.CC(C)(C)OC=O. The summed E-state index contributed by atoms with van der Waals surface area (Å²) >= 11 is 0. The van der Waals surface area contributed by atoms with Gasteiger partial charge in [-0.3, -0.25) is 9.59 Å². The van der Waals surface area contributed by atoms with Gasteiger partial charge in [0.15, 0.2) is 0 Å². The first-order valence-corrected chi connectivity index (χ1v) is 5.19. The molecule has 15 heavy (non-hydrogen) atoms. The first kappa shape index (κ1) is 14.1. The molecule has 0 radical (unpaired) electrons. The number of Topliss-reactive ketones (excluding diaryl/α,β-unsaturated/α-hetero) is 1. The second-order valence-corrected chi connectivity index (χ2v) is 4.63. The van der Waals surface area contributed by atoms with Crippen LogP contribution in [0, 0.1) is 5.92 Å². The maximum Gasteiger partial charge on any atom is 0.293 e. The van der Waals surface area contributed by atoms with Crippen molar-refractivity contribution in [3.8, 4) is 0 Å². The van der Waals surface area contributed by atoms with Crippen LogP contribution in [0.4, 0.5) is 0 Å². The molecule has 1 atom stereocenters. The maximum atomic E-state index is 10.6. The van der Waals surface area contributed by atoms with E-state index in [1.165, 1.54) is 0 Å². The van der Waals surface area contributed by atoms with Gasteiger partial charge in [-0.25, -0.2) is 0 Å². The largest absolute Gasteiger partial charge is 0.462 e. The number of nitrogens with one attached hydrogen (secondary N) is 1. The molecule has 1 rings (SSSR count). The molecule has 1 unspecified atom stereocenters. The smallest absolute Gasteiger partial charge is 0.293 e. The fraction of sp³-hybridized carbons (Fsp3) is 0.818. The van der Waals surface area contributed by atoms with E-state index < -0.39 is 0 Å². The third kappa shape index (κ3) is 8.12. The zero-order valence-electron chi connectivity index (χ0n) is 10.0. The number of carbonyl (C=O) groups excluding carboxylic acids is 2. The van der Waals surface area contributed by atoms with Crippen LogP contribution in [0.5, 0.6) is 0 Å². The van der Waals surface area contributed by atoms with Crippen molar-refractivity contribution < 1.29 is 14.3 Å². The van der Waals surface area contributed by atoms with Gasteiger partial charge in [-0.05, 0) is 40.7 Å². The molecule has 1 fully saturated rings. The molecule has 0 saturated carbocycles. The molecule has 0 aromatic rings. The van der Waals surface area contributed by atoms with Gasteiger partial charge in [0.2, 0.25) is 0 Å². The van der Waals surface area contributed by atoms with Crippen molar-refractivity contribution in [3.63, 3.8) is 0 Å². The van der Waals surface area contributed by atoms with Gasteiger partial charge >= 0.3 is 0 Å². The van der Waals surface area contributed by atoms with Crippen LogP contribution in [0.25, 0.3) is 0 Å². The van der Waals surface area contributed by atoms with Crippen LogP contribution in [0.2, 0.25) is 0 Å². The molecule has 4 heteroatoms. The molecule has 88 valence electrons. The van der Waals surface area contributed by atoms with Crippen LogP contribution < -0.4 is 5.32 Å². The van der Waals surface area contributed by atoms with Crippen molar-refractivity contribution in [2.45, 2.75) is 39.7 Å². The molecular weight excluding hydrogens is 194 g/mol. The van der Waals surface area contributed by atoms with Crippen molar-refractivity contribution in [3.05, 3.63) is 0 Å². The van der Waals surface area contributed by atoms with Crippen LogP contribution >= 0.6 is 0 Å². The highest BCUT2D eigenvalue weighted by Gasteiger charge is 2.17. The van der Waals surface area contributed by atoms with Gasteiger partial charge in [0.05, 0.1) is 0 Å². The van der Waals surface area contributed by atoms with Crippen LogP contribution in [0.1, 0.15) is 34.1 Å². The minimum absolute atomic E-state index is 0.315. The monoisotopic (exact) mass is 215 g/mol. The molecule has 1 heterocycles. The average Bonchev–Trinajstić information content (AvgIpc) is 2.53. The van der Waals surface area contributed by atoms with E-state index in [1.54, 1.807) is 6.92 Å². The van der Waals surface area contributed by atoms with E-state index in [-0.39, 0.29) is 5.60 Å². The molecule has 1 N–H and O–H groups in total. The van der Waals surface area contributed by atoms with E-state index in [4.69, 9.17) is 0 Å². The van der Waals surface area contributed by atoms with Crippen LogP contribution in [-0.2, 0) is 14.3 Å². The van der Waals surface area contributed by atoms with Gasteiger partial charge in [0.25, 0.3) is 6.47 Å².